The highest BCUT2D eigenvalue weighted by Crippen LogP contribution is 2.39. The molecule has 0 bridgehead atoms. The standard InChI is InChI=1S/C26H35N3O2/c1-20-11-12-23(28-16-14-27(3)15-17-28)18-24(20)25-21(2)8-7-13-29(25)26(30)31-19-22-9-5-4-6-10-22/h4-6,9-12,18,21,25H,7-8,13-17,19H2,1-3H3/t21-,25?/m0/s1. The molecule has 2 aliphatic rings. The Morgan fingerprint density at radius 3 is 2.52 bits per heavy atom. The van der Waals surface area contributed by atoms with Crippen molar-refractivity contribution in [2.45, 2.75) is 39.3 Å². The van der Waals surface area contributed by atoms with Gasteiger partial charge in [0.05, 0.1) is 6.04 Å². The number of ether oxygens (including phenoxy) is 1. The summed E-state index contributed by atoms with van der Waals surface area (Å²) in [6, 6.07) is 16.7. The van der Waals surface area contributed by atoms with Crippen molar-refractivity contribution in [3.8, 4) is 0 Å². The van der Waals surface area contributed by atoms with E-state index in [0.717, 1.165) is 51.1 Å². The zero-order valence-corrected chi connectivity index (χ0v) is 19.1. The Morgan fingerprint density at radius 1 is 1.03 bits per heavy atom. The van der Waals surface area contributed by atoms with Gasteiger partial charge in [-0.3, -0.25) is 0 Å². The largest absolute Gasteiger partial charge is 0.445 e. The number of anilines is 1. The number of likely N-dealkylation sites (N-methyl/N-ethyl adjacent to an activating group) is 1. The molecule has 5 heteroatoms. The lowest BCUT2D eigenvalue weighted by molar-refractivity contribution is 0.0514. The number of aryl methyl sites for hydroxylation is 1. The molecule has 0 aliphatic carbocycles. The first-order chi connectivity index (χ1) is 15.0. The third-order valence-corrected chi connectivity index (χ3v) is 6.82. The Labute approximate surface area is 186 Å². The van der Waals surface area contributed by atoms with Gasteiger partial charge in [0.2, 0.25) is 0 Å². The van der Waals surface area contributed by atoms with Crippen molar-refractivity contribution in [1.29, 1.82) is 0 Å². The highest BCUT2D eigenvalue weighted by Gasteiger charge is 2.35. The van der Waals surface area contributed by atoms with Crippen LogP contribution in [-0.4, -0.2) is 55.7 Å². The predicted octanol–water partition coefficient (Wildman–Crippen LogP) is 4.86. The van der Waals surface area contributed by atoms with E-state index in [0.29, 0.717) is 12.5 Å². The van der Waals surface area contributed by atoms with E-state index in [1.807, 2.05) is 35.2 Å². The Balaban J connectivity index is 1.54. The molecule has 166 valence electrons. The lowest BCUT2D eigenvalue weighted by atomic mass is 9.84. The lowest BCUT2D eigenvalue weighted by Gasteiger charge is -2.41. The minimum atomic E-state index is -0.204. The molecule has 2 fully saturated rings. The molecule has 2 saturated heterocycles. The van der Waals surface area contributed by atoms with Gasteiger partial charge in [0.25, 0.3) is 0 Å². The summed E-state index contributed by atoms with van der Waals surface area (Å²) in [5, 5.41) is 0. The average molecular weight is 422 g/mol. The van der Waals surface area contributed by atoms with Gasteiger partial charge in [0, 0.05) is 38.4 Å². The Kier molecular flexibility index (Phi) is 6.81. The second-order valence-corrected chi connectivity index (χ2v) is 9.13. The summed E-state index contributed by atoms with van der Waals surface area (Å²) in [6.07, 6.45) is 1.95. The van der Waals surface area contributed by atoms with Gasteiger partial charge >= 0.3 is 6.09 Å². The molecule has 1 unspecified atom stereocenters. The zero-order chi connectivity index (χ0) is 21.8. The first-order valence-corrected chi connectivity index (χ1v) is 11.5. The minimum absolute atomic E-state index is 0.0597. The molecule has 2 aromatic carbocycles. The fourth-order valence-corrected chi connectivity index (χ4v) is 4.88. The molecule has 2 heterocycles. The summed E-state index contributed by atoms with van der Waals surface area (Å²) < 4.78 is 5.74. The molecule has 0 aromatic heterocycles. The van der Waals surface area contributed by atoms with Crippen molar-refractivity contribution >= 4 is 11.8 Å². The maximum Gasteiger partial charge on any atom is 0.410 e. The van der Waals surface area contributed by atoms with E-state index in [1.165, 1.54) is 16.8 Å². The lowest BCUT2D eigenvalue weighted by Crippen LogP contribution is -2.45. The minimum Gasteiger partial charge on any atom is -0.445 e. The molecule has 0 saturated carbocycles. The number of rotatable bonds is 4. The molecule has 0 N–H and O–H groups in total. The highest BCUT2D eigenvalue weighted by atomic mass is 16.6. The summed E-state index contributed by atoms with van der Waals surface area (Å²) in [7, 11) is 2.18. The van der Waals surface area contributed by atoms with Crippen LogP contribution in [0.3, 0.4) is 0 Å². The summed E-state index contributed by atoms with van der Waals surface area (Å²) in [5.74, 6) is 0.402. The van der Waals surface area contributed by atoms with E-state index >= 15 is 0 Å². The number of benzene rings is 2. The van der Waals surface area contributed by atoms with Crippen molar-refractivity contribution in [3.63, 3.8) is 0 Å². The molecule has 5 nitrogen and oxygen atoms in total. The molecule has 2 aromatic rings. The molecule has 0 radical (unpaired) electrons. The maximum atomic E-state index is 13.1. The maximum absolute atomic E-state index is 13.1. The van der Waals surface area contributed by atoms with Crippen LogP contribution in [0.1, 0.15) is 42.5 Å². The Bertz CT molecular complexity index is 877. The fraction of sp³-hybridized carbons (Fsp3) is 0.500. The van der Waals surface area contributed by atoms with Gasteiger partial charge < -0.3 is 19.4 Å². The molecule has 0 spiro atoms. The van der Waals surface area contributed by atoms with Crippen LogP contribution in [-0.2, 0) is 11.3 Å². The van der Waals surface area contributed by atoms with Gasteiger partial charge in [-0.1, -0.05) is 43.3 Å². The van der Waals surface area contributed by atoms with Crippen molar-refractivity contribution in [2.75, 3.05) is 44.7 Å². The number of piperazine rings is 1. The van der Waals surface area contributed by atoms with Gasteiger partial charge in [-0.25, -0.2) is 4.79 Å². The first-order valence-electron chi connectivity index (χ1n) is 11.5. The van der Waals surface area contributed by atoms with Gasteiger partial charge in [0.1, 0.15) is 6.61 Å². The number of carbonyl (C=O) groups is 1. The number of likely N-dealkylation sites (tertiary alicyclic amines) is 1. The van der Waals surface area contributed by atoms with Crippen LogP contribution < -0.4 is 4.90 Å². The highest BCUT2D eigenvalue weighted by molar-refractivity contribution is 5.69. The van der Waals surface area contributed by atoms with Crippen LogP contribution in [0, 0.1) is 12.8 Å². The normalized spacial score (nSPS) is 22.4. The summed E-state index contributed by atoms with van der Waals surface area (Å²) in [6.45, 7) is 9.76. The average Bonchev–Trinajstić information content (AvgIpc) is 2.79. The number of hydrogen-bond acceptors (Lipinski definition) is 4. The summed E-state index contributed by atoms with van der Waals surface area (Å²) in [5.41, 5.74) is 4.80. The van der Waals surface area contributed by atoms with Gasteiger partial charge in [-0.05, 0) is 61.6 Å². The molecule has 4 rings (SSSR count). The summed E-state index contributed by atoms with van der Waals surface area (Å²) >= 11 is 0. The monoisotopic (exact) mass is 421 g/mol. The van der Waals surface area contributed by atoms with Crippen LogP contribution in [0.4, 0.5) is 10.5 Å². The van der Waals surface area contributed by atoms with Gasteiger partial charge in [0.15, 0.2) is 0 Å². The second kappa shape index (κ2) is 9.73. The predicted molar refractivity (Wildman–Crippen MR) is 125 cm³/mol. The van der Waals surface area contributed by atoms with E-state index in [2.05, 4.69) is 48.9 Å². The number of amides is 1. The van der Waals surface area contributed by atoms with Crippen molar-refractivity contribution in [2.24, 2.45) is 5.92 Å². The summed E-state index contributed by atoms with van der Waals surface area (Å²) in [4.78, 5) is 19.9. The molecular weight excluding hydrogens is 386 g/mol. The van der Waals surface area contributed by atoms with Gasteiger partial charge in [-0.2, -0.15) is 0 Å². The van der Waals surface area contributed by atoms with Crippen LogP contribution in [0.2, 0.25) is 0 Å². The van der Waals surface area contributed by atoms with Crippen molar-refractivity contribution in [1.82, 2.24) is 9.80 Å². The molecule has 1 amide bonds. The molecule has 2 atom stereocenters. The number of piperidine rings is 1. The van der Waals surface area contributed by atoms with Gasteiger partial charge in [-0.15, -0.1) is 0 Å². The van der Waals surface area contributed by atoms with Crippen molar-refractivity contribution < 1.29 is 9.53 Å². The smallest absolute Gasteiger partial charge is 0.410 e. The number of carbonyl (C=O) groups excluding carboxylic acids is 1. The van der Waals surface area contributed by atoms with Crippen LogP contribution in [0.5, 0.6) is 0 Å². The van der Waals surface area contributed by atoms with Crippen LogP contribution in [0.15, 0.2) is 48.5 Å². The Hall–Kier alpha value is -2.53. The Morgan fingerprint density at radius 2 is 1.77 bits per heavy atom. The quantitative estimate of drug-likeness (QED) is 0.707. The number of hydrogen-bond donors (Lipinski definition) is 0. The van der Waals surface area contributed by atoms with E-state index in [4.69, 9.17) is 4.74 Å². The molecule has 31 heavy (non-hydrogen) atoms. The fourth-order valence-electron chi connectivity index (χ4n) is 4.88. The topological polar surface area (TPSA) is 36.0 Å². The van der Waals surface area contributed by atoms with Crippen LogP contribution >= 0.6 is 0 Å². The SMILES string of the molecule is Cc1ccc(N2CCN(C)CC2)cc1C1[C@@H](C)CCCN1C(=O)OCc1ccccc1. The third-order valence-electron chi connectivity index (χ3n) is 6.82. The molecular formula is C26H35N3O2. The zero-order valence-electron chi connectivity index (χ0n) is 19.1. The second-order valence-electron chi connectivity index (χ2n) is 9.13. The third kappa shape index (κ3) is 5.04. The van der Waals surface area contributed by atoms with E-state index in [-0.39, 0.29) is 12.1 Å². The van der Waals surface area contributed by atoms with E-state index in [1.54, 1.807) is 0 Å². The van der Waals surface area contributed by atoms with E-state index in [9.17, 15) is 4.79 Å². The van der Waals surface area contributed by atoms with E-state index < -0.39 is 0 Å². The van der Waals surface area contributed by atoms with Crippen molar-refractivity contribution in [3.05, 3.63) is 65.2 Å². The molecule has 2 aliphatic heterocycles. The van der Waals surface area contributed by atoms with Crippen LogP contribution in [0.25, 0.3) is 0 Å². The first kappa shape index (κ1) is 21.7. The number of nitrogens with zero attached hydrogens (tertiary/aromatic N) is 3.